The van der Waals surface area contributed by atoms with Gasteiger partial charge in [-0.15, -0.1) is 0 Å². The molecular weight excluding hydrogens is 354 g/mol. The minimum Gasteiger partial charge on any atom is -0.456 e. The number of nitrogens with one attached hydrogen (secondary N) is 1. The van der Waals surface area contributed by atoms with Crippen LogP contribution in [0.3, 0.4) is 0 Å². The van der Waals surface area contributed by atoms with Crippen molar-refractivity contribution >= 4 is 27.4 Å². The number of ether oxygens (including phenoxy) is 1. The lowest BCUT2D eigenvalue weighted by Crippen LogP contribution is -2.22. The summed E-state index contributed by atoms with van der Waals surface area (Å²) < 4.78 is 28.4. The standard InChI is InChI=1S/C19H21NO5S/c1-14(15-8-4-3-5-9-15)12-19(22)25-13-18(21)20-16-10-6-7-11-17(16)26(2,23)24/h3-11,14H,12-13H2,1-2H3,(H,20,21)/t14-/m1/s1. The molecule has 1 amide bonds. The molecule has 0 aliphatic rings. The summed E-state index contributed by atoms with van der Waals surface area (Å²) in [6.07, 6.45) is 1.21. The van der Waals surface area contributed by atoms with E-state index in [-0.39, 0.29) is 22.9 Å². The molecule has 2 rings (SSSR count). The molecule has 0 unspecified atom stereocenters. The van der Waals surface area contributed by atoms with Crippen molar-refractivity contribution in [2.45, 2.75) is 24.2 Å². The third-order valence-corrected chi connectivity index (χ3v) is 4.92. The Morgan fingerprint density at radius 3 is 2.31 bits per heavy atom. The van der Waals surface area contributed by atoms with Gasteiger partial charge < -0.3 is 10.1 Å². The predicted molar refractivity (Wildman–Crippen MR) is 98.6 cm³/mol. The van der Waals surface area contributed by atoms with Gasteiger partial charge in [0.1, 0.15) is 0 Å². The number of anilines is 1. The van der Waals surface area contributed by atoms with Gasteiger partial charge in [0.2, 0.25) is 0 Å². The molecule has 0 radical (unpaired) electrons. The summed E-state index contributed by atoms with van der Waals surface area (Å²) in [7, 11) is -3.48. The highest BCUT2D eigenvalue weighted by atomic mass is 32.2. The number of esters is 1. The molecule has 0 spiro atoms. The van der Waals surface area contributed by atoms with Gasteiger partial charge in [0.25, 0.3) is 5.91 Å². The van der Waals surface area contributed by atoms with Crippen LogP contribution in [0.4, 0.5) is 5.69 Å². The smallest absolute Gasteiger partial charge is 0.306 e. The van der Waals surface area contributed by atoms with Crippen molar-refractivity contribution in [3.05, 3.63) is 60.2 Å². The molecule has 0 aliphatic carbocycles. The second-order valence-corrected chi connectivity index (χ2v) is 7.98. The lowest BCUT2D eigenvalue weighted by Gasteiger charge is -2.12. The van der Waals surface area contributed by atoms with Crippen molar-refractivity contribution in [2.24, 2.45) is 0 Å². The van der Waals surface area contributed by atoms with Crippen LogP contribution >= 0.6 is 0 Å². The highest BCUT2D eigenvalue weighted by Gasteiger charge is 2.16. The molecule has 0 saturated carbocycles. The second kappa shape index (κ2) is 8.62. The molecule has 0 fully saturated rings. The number of benzene rings is 2. The number of sulfone groups is 1. The minimum atomic E-state index is -3.48. The number of para-hydroxylation sites is 1. The number of hydrogen-bond acceptors (Lipinski definition) is 5. The van der Waals surface area contributed by atoms with Crippen molar-refractivity contribution in [2.75, 3.05) is 18.2 Å². The Morgan fingerprint density at radius 2 is 1.65 bits per heavy atom. The predicted octanol–water partition coefficient (Wildman–Crippen LogP) is 2.77. The molecule has 6 nitrogen and oxygen atoms in total. The highest BCUT2D eigenvalue weighted by Crippen LogP contribution is 2.21. The first-order chi connectivity index (χ1) is 12.3. The van der Waals surface area contributed by atoms with E-state index in [0.29, 0.717) is 0 Å². The number of carbonyl (C=O) groups excluding carboxylic acids is 2. The summed E-state index contributed by atoms with van der Waals surface area (Å²) in [4.78, 5) is 23.9. The minimum absolute atomic E-state index is 0.0115. The summed E-state index contributed by atoms with van der Waals surface area (Å²) in [5.74, 6) is -1.12. The Balaban J connectivity index is 1.89. The van der Waals surface area contributed by atoms with E-state index >= 15 is 0 Å². The van der Waals surface area contributed by atoms with Crippen LogP contribution in [0.2, 0.25) is 0 Å². The van der Waals surface area contributed by atoms with Crippen LogP contribution in [0.5, 0.6) is 0 Å². The molecule has 26 heavy (non-hydrogen) atoms. The summed E-state index contributed by atoms with van der Waals surface area (Å²) in [6, 6.07) is 15.6. The van der Waals surface area contributed by atoms with E-state index in [2.05, 4.69) is 5.32 Å². The van der Waals surface area contributed by atoms with E-state index in [1.807, 2.05) is 37.3 Å². The maximum Gasteiger partial charge on any atom is 0.306 e. The van der Waals surface area contributed by atoms with E-state index in [0.717, 1.165) is 11.8 Å². The molecule has 1 N–H and O–H groups in total. The van der Waals surface area contributed by atoms with Gasteiger partial charge in [-0.3, -0.25) is 9.59 Å². The quantitative estimate of drug-likeness (QED) is 0.752. The van der Waals surface area contributed by atoms with Crippen LogP contribution in [0, 0.1) is 0 Å². The molecular formula is C19H21NO5S. The van der Waals surface area contributed by atoms with E-state index < -0.39 is 28.3 Å². The van der Waals surface area contributed by atoms with Crippen molar-refractivity contribution in [3.8, 4) is 0 Å². The molecule has 7 heteroatoms. The number of hydrogen-bond donors (Lipinski definition) is 1. The molecule has 1 atom stereocenters. The fourth-order valence-electron chi connectivity index (χ4n) is 2.43. The molecule has 0 bridgehead atoms. The molecule has 0 saturated heterocycles. The second-order valence-electron chi connectivity index (χ2n) is 5.99. The van der Waals surface area contributed by atoms with Crippen molar-refractivity contribution in [3.63, 3.8) is 0 Å². The number of amides is 1. The summed E-state index contributed by atoms with van der Waals surface area (Å²) >= 11 is 0. The highest BCUT2D eigenvalue weighted by molar-refractivity contribution is 7.90. The summed E-state index contributed by atoms with van der Waals surface area (Å²) in [5, 5.41) is 2.46. The van der Waals surface area contributed by atoms with Crippen molar-refractivity contribution in [1.29, 1.82) is 0 Å². The van der Waals surface area contributed by atoms with Gasteiger partial charge in [0.05, 0.1) is 17.0 Å². The van der Waals surface area contributed by atoms with Gasteiger partial charge in [-0.2, -0.15) is 0 Å². The maximum atomic E-state index is 12.0. The Hall–Kier alpha value is -2.67. The van der Waals surface area contributed by atoms with Crippen LogP contribution in [-0.2, 0) is 24.2 Å². The molecule has 0 heterocycles. The van der Waals surface area contributed by atoms with Crippen molar-refractivity contribution in [1.82, 2.24) is 0 Å². The van der Waals surface area contributed by atoms with Crippen LogP contribution in [0.15, 0.2) is 59.5 Å². The SMILES string of the molecule is C[C@H](CC(=O)OCC(=O)Nc1ccccc1S(C)(=O)=O)c1ccccc1. The number of rotatable bonds is 7. The summed E-state index contributed by atoms with van der Waals surface area (Å²) in [6.45, 7) is 1.43. The zero-order chi connectivity index (χ0) is 19.2. The van der Waals surface area contributed by atoms with E-state index in [9.17, 15) is 18.0 Å². The summed E-state index contributed by atoms with van der Waals surface area (Å²) in [5.41, 5.74) is 1.17. The third-order valence-electron chi connectivity index (χ3n) is 3.77. The molecule has 138 valence electrons. The monoisotopic (exact) mass is 375 g/mol. The first-order valence-corrected chi connectivity index (χ1v) is 9.96. The van der Waals surface area contributed by atoms with Crippen LogP contribution in [0.1, 0.15) is 24.8 Å². The average Bonchev–Trinajstić information content (AvgIpc) is 2.60. The molecule has 0 aromatic heterocycles. The van der Waals surface area contributed by atoms with Crippen LogP contribution in [-0.4, -0.2) is 33.2 Å². The first kappa shape index (κ1) is 19.7. The Bertz CT molecular complexity index is 878. The lowest BCUT2D eigenvalue weighted by atomic mass is 9.98. The van der Waals surface area contributed by atoms with E-state index in [1.54, 1.807) is 12.1 Å². The Labute approximate surface area is 153 Å². The average molecular weight is 375 g/mol. The fraction of sp³-hybridized carbons (Fsp3) is 0.263. The normalized spacial score (nSPS) is 12.2. The topological polar surface area (TPSA) is 89.5 Å². The van der Waals surface area contributed by atoms with E-state index in [1.165, 1.54) is 12.1 Å². The van der Waals surface area contributed by atoms with Gasteiger partial charge in [0.15, 0.2) is 16.4 Å². The number of carbonyl (C=O) groups is 2. The molecule has 2 aromatic rings. The van der Waals surface area contributed by atoms with Gasteiger partial charge in [-0.1, -0.05) is 49.4 Å². The Kier molecular flexibility index (Phi) is 6.52. The van der Waals surface area contributed by atoms with Gasteiger partial charge >= 0.3 is 5.97 Å². The lowest BCUT2D eigenvalue weighted by molar-refractivity contribution is -0.147. The zero-order valence-corrected chi connectivity index (χ0v) is 15.5. The van der Waals surface area contributed by atoms with Gasteiger partial charge in [0, 0.05) is 6.26 Å². The van der Waals surface area contributed by atoms with E-state index in [4.69, 9.17) is 4.74 Å². The largest absolute Gasteiger partial charge is 0.456 e. The van der Waals surface area contributed by atoms with Crippen LogP contribution < -0.4 is 5.32 Å². The Morgan fingerprint density at radius 1 is 1.04 bits per heavy atom. The fourth-order valence-corrected chi connectivity index (χ4v) is 3.28. The molecule has 0 aliphatic heterocycles. The zero-order valence-electron chi connectivity index (χ0n) is 14.6. The maximum absolute atomic E-state index is 12.0. The van der Waals surface area contributed by atoms with Crippen molar-refractivity contribution < 1.29 is 22.7 Å². The first-order valence-electron chi connectivity index (χ1n) is 8.07. The third kappa shape index (κ3) is 5.70. The molecule has 2 aromatic carbocycles. The van der Waals surface area contributed by atoms with Crippen LogP contribution in [0.25, 0.3) is 0 Å². The van der Waals surface area contributed by atoms with Gasteiger partial charge in [-0.05, 0) is 23.6 Å². The van der Waals surface area contributed by atoms with Gasteiger partial charge in [-0.25, -0.2) is 8.42 Å².